The standard InChI is InChI=1S/C20H24N2O4S/c1-16-3-5-17(6-4-16)18-7-9-19(10-8-18)26-15-20(23)21-11-13-22(14-12-21)27(2,24)25/h3-10H,11-15H2,1-2H3. The number of sulfonamides is 1. The first-order chi connectivity index (χ1) is 12.8. The Morgan fingerprint density at radius 3 is 1.96 bits per heavy atom. The van der Waals surface area contributed by atoms with Gasteiger partial charge in [-0.2, -0.15) is 4.31 Å². The minimum absolute atomic E-state index is 0.0528. The van der Waals surface area contributed by atoms with Crippen molar-refractivity contribution < 1.29 is 17.9 Å². The number of carbonyl (C=O) groups excluding carboxylic acids is 1. The molecule has 0 bridgehead atoms. The lowest BCUT2D eigenvalue weighted by Gasteiger charge is -2.33. The van der Waals surface area contributed by atoms with Gasteiger partial charge in [0.25, 0.3) is 5.91 Å². The molecule has 27 heavy (non-hydrogen) atoms. The zero-order valence-electron chi connectivity index (χ0n) is 15.6. The van der Waals surface area contributed by atoms with Crippen LogP contribution in [0.5, 0.6) is 5.75 Å². The van der Waals surface area contributed by atoms with Gasteiger partial charge in [-0.05, 0) is 30.2 Å². The Bertz CT molecular complexity index is 885. The molecule has 6 nitrogen and oxygen atoms in total. The fourth-order valence-electron chi connectivity index (χ4n) is 3.00. The summed E-state index contributed by atoms with van der Waals surface area (Å²) in [6, 6.07) is 15.9. The Hall–Kier alpha value is -2.38. The lowest BCUT2D eigenvalue weighted by atomic mass is 10.0. The highest BCUT2D eigenvalue weighted by molar-refractivity contribution is 7.88. The number of hydrogen-bond acceptors (Lipinski definition) is 4. The molecule has 0 saturated carbocycles. The third-order valence-electron chi connectivity index (χ3n) is 4.66. The van der Waals surface area contributed by atoms with Crippen LogP contribution in [0.15, 0.2) is 48.5 Å². The van der Waals surface area contributed by atoms with Crippen molar-refractivity contribution in [1.82, 2.24) is 9.21 Å². The van der Waals surface area contributed by atoms with Gasteiger partial charge < -0.3 is 9.64 Å². The summed E-state index contributed by atoms with van der Waals surface area (Å²) in [6.45, 7) is 3.44. The number of ether oxygens (including phenoxy) is 1. The molecule has 0 N–H and O–H groups in total. The molecule has 0 atom stereocenters. The number of carbonyl (C=O) groups is 1. The van der Waals surface area contributed by atoms with E-state index in [1.54, 1.807) is 4.90 Å². The molecule has 7 heteroatoms. The van der Waals surface area contributed by atoms with E-state index in [0.29, 0.717) is 31.9 Å². The summed E-state index contributed by atoms with van der Waals surface area (Å²) in [6.07, 6.45) is 1.19. The van der Waals surface area contributed by atoms with Crippen molar-refractivity contribution in [3.63, 3.8) is 0 Å². The lowest BCUT2D eigenvalue weighted by Crippen LogP contribution is -2.51. The predicted octanol–water partition coefficient (Wildman–Crippen LogP) is 2.14. The molecular formula is C20H24N2O4S. The van der Waals surface area contributed by atoms with Gasteiger partial charge in [0.05, 0.1) is 6.26 Å². The number of aryl methyl sites for hydroxylation is 1. The molecule has 1 fully saturated rings. The van der Waals surface area contributed by atoms with Gasteiger partial charge in [0.15, 0.2) is 6.61 Å². The van der Waals surface area contributed by atoms with Gasteiger partial charge >= 0.3 is 0 Å². The molecule has 1 aliphatic rings. The highest BCUT2D eigenvalue weighted by atomic mass is 32.2. The van der Waals surface area contributed by atoms with Crippen molar-refractivity contribution in [3.05, 3.63) is 54.1 Å². The van der Waals surface area contributed by atoms with E-state index in [1.165, 1.54) is 16.1 Å². The van der Waals surface area contributed by atoms with E-state index in [0.717, 1.165) is 11.1 Å². The summed E-state index contributed by atoms with van der Waals surface area (Å²) in [4.78, 5) is 13.9. The van der Waals surface area contributed by atoms with Crippen molar-refractivity contribution in [2.75, 3.05) is 39.0 Å². The van der Waals surface area contributed by atoms with E-state index in [1.807, 2.05) is 24.3 Å². The van der Waals surface area contributed by atoms with Crippen LogP contribution in [0.1, 0.15) is 5.56 Å². The summed E-state index contributed by atoms with van der Waals surface area (Å²) in [5.74, 6) is 0.500. The van der Waals surface area contributed by atoms with Gasteiger partial charge in [-0.3, -0.25) is 4.79 Å². The minimum Gasteiger partial charge on any atom is -0.484 e. The molecule has 2 aromatic carbocycles. The summed E-state index contributed by atoms with van der Waals surface area (Å²) < 4.78 is 30.0. The van der Waals surface area contributed by atoms with E-state index in [4.69, 9.17) is 4.74 Å². The van der Waals surface area contributed by atoms with Crippen molar-refractivity contribution in [1.29, 1.82) is 0 Å². The van der Waals surface area contributed by atoms with Crippen molar-refractivity contribution in [3.8, 4) is 16.9 Å². The zero-order valence-corrected chi connectivity index (χ0v) is 16.4. The number of hydrogen-bond donors (Lipinski definition) is 0. The van der Waals surface area contributed by atoms with Gasteiger partial charge in [-0.15, -0.1) is 0 Å². The second-order valence-corrected chi connectivity index (χ2v) is 8.70. The molecule has 1 saturated heterocycles. The van der Waals surface area contributed by atoms with E-state index in [2.05, 4.69) is 31.2 Å². The van der Waals surface area contributed by atoms with E-state index < -0.39 is 10.0 Å². The molecule has 1 heterocycles. The predicted molar refractivity (Wildman–Crippen MR) is 105 cm³/mol. The minimum atomic E-state index is -3.20. The highest BCUT2D eigenvalue weighted by Gasteiger charge is 2.26. The number of benzene rings is 2. The Kier molecular flexibility index (Phi) is 5.82. The van der Waals surface area contributed by atoms with Crippen LogP contribution >= 0.6 is 0 Å². The van der Waals surface area contributed by atoms with Crippen LogP contribution in [0, 0.1) is 6.92 Å². The number of rotatable bonds is 5. The second-order valence-electron chi connectivity index (χ2n) is 6.72. The summed E-state index contributed by atoms with van der Waals surface area (Å²) >= 11 is 0. The first-order valence-electron chi connectivity index (χ1n) is 8.86. The maximum atomic E-state index is 12.3. The number of piperazine rings is 1. The maximum Gasteiger partial charge on any atom is 0.260 e. The van der Waals surface area contributed by atoms with Gasteiger partial charge in [-0.25, -0.2) is 8.42 Å². The smallest absolute Gasteiger partial charge is 0.260 e. The Morgan fingerprint density at radius 2 is 1.44 bits per heavy atom. The first kappa shape index (κ1) is 19.4. The zero-order chi connectivity index (χ0) is 19.4. The highest BCUT2D eigenvalue weighted by Crippen LogP contribution is 2.22. The van der Waals surface area contributed by atoms with E-state index in [-0.39, 0.29) is 12.5 Å². The molecule has 0 spiro atoms. The monoisotopic (exact) mass is 388 g/mol. The van der Waals surface area contributed by atoms with Gasteiger partial charge in [0.1, 0.15) is 5.75 Å². The Morgan fingerprint density at radius 1 is 0.926 bits per heavy atom. The van der Waals surface area contributed by atoms with E-state index in [9.17, 15) is 13.2 Å². The average Bonchev–Trinajstić information content (AvgIpc) is 2.66. The van der Waals surface area contributed by atoms with Crippen LogP contribution in [0.3, 0.4) is 0 Å². The van der Waals surface area contributed by atoms with Gasteiger partial charge in [0, 0.05) is 26.2 Å². The molecule has 2 aromatic rings. The normalized spacial score (nSPS) is 15.6. The fourth-order valence-corrected chi connectivity index (χ4v) is 3.82. The number of nitrogens with zero attached hydrogens (tertiary/aromatic N) is 2. The van der Waals surface area contributed by atoms with Crippen LogP contribution in [0.4, 0.5) is 0 Å². The van der Waals surface area contributed by atoms with Crippen molar-refractivity contribution >= 4 is 15.9 Å². The van der Waals surface area contributed by atoms with Crippen LogP contribution in [-0.2, 0) is 14.8 Å². The second kappa shape index (κ2) is 8.10. The average molecular weight is 388 g/mol. The van der Waals surface area contributed by atoms with E-state index >= 15 is 0 Å². The molecule has 0 unspecified atom stereocenters. The first-order valence-corrected chi connectivity index (χ1v) is 10.7. The van der Waals surface area contributed by atoms with Gasteiger partial charge in [-0.1, -0.05) is 42.0 Å². The van der Waals surface area contributed by atoms with Crippen LogP contribution in [0.2, 0.25) is 0 Å². The Balaban J connectivity index is 1.51. The van der Waals surface area contributed by atoms with Crippen LogP contribution in [-0.4, -0.2) is 62.6 Å². The number of amides is 1. The molecule has 0 aliphatic carbocycles. The van der Waals surface area contributed by atoms with Crippen LogP contribution in [0.25, 0.3) is 11.1 Å². The molecule has 144 valence electrons. The maximum absolute atomic E-state index is 12.3. The lowest BCUT2D eigenvalue weighted by molar-refractivity contribution is -0.134. The summed E-state index contributed by atoms with van der Waals surface area (Å²) in [5, 5.41) is 0. The summed E-state index contributed by atoms with van der Waals surface area (Å²) in [7, 11) is -3.20. The summed E-state index contributed by atoms with van der Waals surface area (Å²) in [5.41, 5.74) is 3.44. The SMILES string of the molecule is Cc1ccc(-c2ccc(OCC(=O)N3CCN(S(C)(=O)=O)CC3)cc2)cc1. The third kappa shape index (κ3) is 5.08. The fraction of sp³-hybridized carbons (Fsp3) is 0.350. The molecule has 1 amide bonds. The topological polar surface area (TPSA) is 66.9 Å². The quantitative estimate of drug-likeness (QED) is 0.787. The van der Waals surface area contributed by atoms with Gasteiger partial charge in [0.2, 0.25) is 10.0 Å². The molecule has 3 rings (SSSR count). The molecule has 0 radical (unpaired) electrons. The van der Waals surface area contributed by atoms with Crippen LogP contribution < -0.4 is 4.74 Å². The molecular weight excluding hydrogens is 364 g/mol. The van der Waals surface area contributed by atoms with Crippen molar-refractivity contribution in [2.24, 2.45) is 0 Å². The third-order valence-corrected chi connectivity index (χ3v) is 5.97. The Labute approximate surface area is 160 Å². The van der Waals surface area contributed by atoms with Crippen molar-refractivity contribution in [2.45, 2.75) is 6.92 Å². The largest absolute Gasteiger partial charge is 0.484 e. The molecule has 0 aromatic heterocycles. The molecule has 1 aliphatic heterocycles.